The number of imidazole rings is 1. The molecule has 1 aliphatic heterocycles. The Balaban J connectivity index is 1.66. The molecule has 3 aromatic rings. The van der Waals surface area contributed by atoms with E-state index in [0.717, 1.165) is 29.0 Å². The van der Waals surface area contributed by atoms with Crippen LogP contribution < -0.4 is 4.90 Å². The van der Waals surface area contributed by atoms with E-state index in [2.05, 4.69) is 33.1 Å². The average Bonchev–Trinajstić information content (AvgIpc) is 3.27. The van der Waals surface area contributed by atoms with Crippen molar-refractivity contribution in [1.82, 2.24) is 18.9 Å². The van der Waals surface area contributed by atoms with Crippen molar-refractivity contribution >= 4 is 16.7 Å². The summed E-state index contributed by atoms with van der Waals surface area (Å²) >= 11 is 1.40. The van der Waals surface area contributed by atoms with Gasteiger partial charge in [-0.25, -0.2) is 14.4 Å². The molecule has 1 aromatic carbocycles. The highest BCUT2D eigenvalue weighted by Gasteiger charge is 2.50. The maximum absolute atomic E-state index is 13.7. The fourth-order valence-electron chi connectivity index (χ4n) is 3.61. The third kappa shape index (κ3) is 3.35. The predicted octanol–water partition coefficient (Wildman–Crippen LogP) is 3.64. The number of methoxy groups -OCH3 is 1. The number of nitrogens with zero attached hydrogens (tertiary/aromatic N) is 5. The standard InChI is InChI=1S/C19H22FN5OS/c1-19(2)12-25(18-22-15(23-27-18)7-10-26-3)16(19)17-21-8-9-24(17)14-6-4-5-13(20)11-14/h4-6,8-9,11,16H,7,10,12H2,1-3H3. The van der Waals surface area contributed by atoms with Crippen molar-refractivity contribution in [3.63, 3.8) is 0 Å². The Bertz CT molecular complexity index is 938. The highest BCUT2D eigenvalue weighted by Crippen LogP contribution is 2.50. The van der Waals surface area contributed by atoms with Crippen molar-refractivity contribution in [3.8, 4) is 5.69 Å². The van der Waals surface area contributed by atoms with Gasteiger partial charge < -0.3 is 14.2 Å². The van der Waals surface area contributed by atoms with E-state index in [0.29, 0.717) is 13.0 Å². The van der Waals surface area contributed by atoms with Crippen LogP contribution in [0.5, 0.6) is 0 Å². The van der Waals surface area contributed by atoms with Crippen LogP contribution in [-0.4, -0.2) is 39.2 Å². The summed E-state index contributed by atoms with van der Waals surface area (Å²) in [5.74, 6) is 1.42. The van der Waals surface area contributed by atoms with Gasteiger partial charge >= 0.3 is 0 Å². The SMILES string of the molecule is COCCc1nsc(N2CC(C)(C)C2c2nccn2-c2cccc(F)c2)n1. The number of benzene rings is 1. The zero-order valence-corrected chi connectivity index (χ0v) is 16.4. The van der Waals surface area contributed by atoms with E-state index in [1.165, 1.54) is 23.7 Å². The number of aromatic nitrogens is 4. The molecular weight excluding hydrogens is 365 g/mol. The molecule has 1 unspecified atom stereocenters. The molecule has 0 N–H and O–H groups in total. The zero-order chi connectivity index (χ0) is 19.0. The Morgan fingerprint density at radius 2 is 2.22 bits per heavy atom. The summed E-state index contributed by atoms with van der Waals surface area (Å²) in [4.78, 5) is 11.5. The van der Waals surface area contributed by atoms with Crippen LogP contribution in [0.25, 0.3) is 5.69 Å². The van der Waals surface area contributed by atoms with Crippen LogP contribution in [0.15, 0.2) is 36.7 Å². The molecule has 0 spiro atoms. The van der Waals surface area contributed by atoms with Crippen molar-refractivity contribution in [2.45, 2.75) is 26.3 Å². The minimum Gasteiger partial charge on any atom is -0.384 e. The highest BCUT2D eigenvalue weighted by molar-refractivity contribution is 7.09. The van der Waals surface area contributed by atoms with Gasteiger partial charge in [0.1, 0.15) is 17.5 Å². The molecule has 0 radical (unpaired) electrons. The molecule has 0 saturated carbocycles. The van der Waals surface area contributed by atoms with E-state index < -0.39 is 0 Å². The third-order valence-corrected chi connectivity index (χ3v) is 5.65. The topological polar surface area (TPSA) is 56.1 Å². The summed E-state index contributed by atoms with van der Waals surface area (Å²) in [7, 11) is 1.67. The van der Waals surface area contributed by atoms with Gasteiger partial charge in [-0.15, -0.1) is 0 Å². The molecule has 8 heteroatoms. The summed E-state index contributed by atoms with van der Waals surface area (Å²) in [5, 5.41) is 0.888. The zero-order valence-electron chi connectivity index (χ0n) is 15.6. The van der Waals surface area contributed by atoms with Gasteiger partial charge in [0.15, 0.2) is 0 Å². The highest BCUT2D eigenvalue weighted by atomic mass is 32.1. The molecular formula is C19H22FN5OS. The fraction of sp³-hybridized carbons (Fsp3) is 0.421. The van der Waals surface area contributed by atoms with Gasteiger partial charge in [0.25, 0.3) is 0 Å². The smallest absolute Gasteiger partial charge is 0.205 e. The molecule has 1 saturated heterocycles. The largest absolute Gasteiger partial charge is 0.384 e. The Morgan fingerprint density at radius 1 is 1.37 bits per heavy atom. The van der Waals surface area contributed by atoms with E-state index in [1.54, 1.807) is 19.4 Å². The molecule has 142 valence electrons. The summed E-state index contributed by atoms with van der Waals surface area (Å²) < 4.78 is 25.2. The van der Waals surface area contributed by atoms with E-state index in [-0.39, 0.29) is 17.3 Å². The van der Waals surface area contributed by atoms with E-state index in [9.17, 15) is 4.39 Å². The first-order valence-corrected chi connectivity index (χ1v) is 9.64. The van der Waals surface area contributed by atoms with Gasteiger partial charge in [-0.3, -0.25) is 0 Å². The number of hydrogen-bond acceptors (Lipinski definition) is 6. The Hall–Kier alpha value is -2.32. The number of halogens is 1. The fourth-order valence-corrected chi connectivity index (χ4v) is 4.35. The Labute approximate surface area is 161 Å². The first-order valence-electron chi connectivity index (χ1n) is 8.87. The van der Waals surface area contributed by atoms with Crippen molar-refractivity contribution < 1.29 is 9.13 Å². The number of ether oxygens (including phenoxy) is 1. The van der Waals surface area contributed by atoms with E-state index in [1.807, 2.05) is 16.8 Å². The van der Waals surface area contributed by atoms with Crippen molar-refractivity contribution in [2.75, 3.05) is 25.2 Å². The summed E-state index contributed by atoms with van der Waals surface area (Å²) in [5.41, 5.74) is 0.789. The molecule has 1 aliphatic rings. The predicted molar refractivity (Wildman–Crippen MR) is 103 cm³/mol. The van der Waals surface area contributed by atoms with Crippen LogP contribution in [0.3, 0.4) is 0 Å². The van der Waals surface area contributed by atoms with Crippen LogP contribution in [0.2, 0.25) is 0 Å². The van der Waals surface area contributed by atoms with Crippen molar-refractivity contribution in [2.24, 2.45) is 5.41 Å². The molecule has 0 bridgehead atoms. The second kappa shape index (κ2) is 7.01. The monoisotopic (exact) mass is 387 g/mol. The lowest BCUT2D eigenvalue weighted by Gasteiger charge is -2.53. The third-order valence-electron chi connectivity index (χ3n) is 4.86. The number of rotatable bonds is 6. The summed E-state index contributed by atoms with van der Waals surface area (Å²) in [6.45, 7) is 5.90. The van der Waals surface area contributed by atoms with Crippen molar-refractivity contribution in [3.05, 3.63) is 54.1 Å². The maximum Gasteiger partial charge on any atom is 0.205 e. The molecule has 0 aliphatic carbocycles. The molecule has 0 amide bonds. The molecule has 2 aromatic heterocycles. The van der Waals surface area contributed by atoms with Gasteiger partial charge in [0.2, 0.25) is 5.13 Å². The minimum absolute atomic E-state index is 0.0226. The normalized spacial score (nSPS) is 18.5. The average molecular weight is 387 g/mol. The van der Waals surface area contributed by atoms with Gasteiger partial charge in [0, 0.05) is 55.1 Å². The molecule has 6 nitrogen and oxygen atoms in total. The van der Waals surface area contributed by atoms with E-state index >= 15 is 0 Å². The Kier molecular flexibility index (Phi) is 4.69. The Morgan fingerprint density at radius 3 is 2.96 bits per heavy atom. The van der Waals surface area contributed by atoms with Gasteiger partial charge in [-0.05, 0) is 18.2 Å². The molecule has 1 atom stereocenters. The van der Waals surface area contributed by atoms with Crippen LogP contribution in [0.1, 0.15) is 31.5 Å². The van der Waals surface area contributed by atoms with E-state index in [4.69, 9.17) is 4.74 Å². The van der Waals surface area contributed by atoms with Crippen molar-refractivity contribution in [1.29, 1.82) is 0 Å². The maximum atomic E-state index is 13.7. The van der Waals surface area contributed by atoms with Crippen LogP contribution >= 0.6 is 11.5 Å². The number of hydrogen-bond donors (Lipinski definition) is 0. The van der Waals surface area contributed by atoms with Crippen LogP contribution in [0.4, 0.5) is 9.52 Å². The van der Waals surface area contributed by atoms with Crippen LogP contribution in [0, 0.1) is 11.2 Å². The lowest BCUT2D eigenvalue weighted by molar-refractivity contribution is 0.170. The molecule has 27 heavy (non-hydrogen) atoms. The first kappa shape index (κ1) is 18.1. The van der Waals surface area contributed by atoms with Gasteiger partial charge in [0.05, 0.1) is 12.6 Å². The summed E-state index contributed by atoms with van der Waals surface area (Å²) in [6.07, 6.45) is 4.34. The van der Waals surface area contributed by atoms with Gasteiger partial charge in [-0.2, -0.15) is 4.37 Å². The lowest BCUT2D eigenvalue weighted by Crippen LogP contribution is -2.56. The molecule has 1 fully saturated rings. The lowest BCUT2D eigenvalue weighted by atomic mass is 9.74. The molecule has 4 rings (SSSR count). The first-order chi connectivity index (χ1) is 13.0. The molecule has 3 heterocycles. The van der Waals surface area contributed by atoms with Crippen LogP contribution in [-0.2, 0) is 11.2 Å². The number of anilines is 1. The summed E-state index contributed by atoms with van der Waals surface area (Å²) in [6, 6.07) is 6.61. The second-order valence-electron chi connectivity index (χ2n) is 7.39. The second-order valence-corrected chi connectivity index (χ2v) is 8.12. The quantitative estimate of drug-likeness (QED) is 0.646. The minimum atomic E-state index is -0.260. The van der Waals surface area contributed by atoms with Gasteiger partial charge in [-0.1, -0.05) is 19.9 Å².